The van der Waals surface area contributed by atoms with Gasteiger partial charge in [0.2, 0.25) is 0 Å². The summed E-state index contributed by atoms with van der Waals surface area (Å²) in [6.45, 7) is 8.19. The summed E-state index contributed by atoms with van der Waals surface area (Å²) in [5.41, 5.74) is -0.478. The third-order valence-electron chi connectivity index (χ3n) is 7.33. The molecule has 2 amide bonds. The van der Waals surface area contributed by atoms with E-state index in [1.807, 2.05) is 39.0 Å². The van der Waals surface area contributed by atoms with Gasteiger partial charge in [0.05, 0.1) is 6.61 Å². The van der Waals surface area contributed by atoms with Crippen molar-refractivity contribution in [2.45, 2.75) is 76.1 Å². The topological polar surface area (TPSA) is 71.1 Å². The van der Waals surface area contributed by atoms with Gasteiger partial charge < -0.3 is 24.6 Å². The second-order valence-corrected chi connectivity index (χ2v) is 11.4. The number of halogens is 1. The van der Waals surface area contributed by atoms with Crippen molar-refractivity contribution >= 4 is 12.2 Å². The number of piperidine rings is 2. The van der Waals surface area contributed by atoms with Crippen LogP contribution >= 0.6 is 0 Å². The van der Waals surface area contributed by atoms with E-state index in [-0.39, 0.29) is 18.1 Å². The third-order valence-corrected chi connectivity index (χ3v) is 7.33. The van der Waals surface area contributed by atoms with Gasteiger partial charge in [0, 0.05) is 57.5 Å². The molecule has 1 aromatic carbocycles. The Balaban J connectivity index is 1.11. The number of hydrogen-bond donors (Lipinski definition) is 1. The maximum absolute atomic E-state index is 15.3. The largest absolute Gasteiger partial charge is 0.449 e. The average Bonchev–Trinajstić information content (AvgIpc) is 3.62. The van der Waals surface area contributed by atoms with Crippen LogP contribution in [0.15, 0.2) is 30.3 Å². The summed E-state index contributed by atoms with van der Waals surface area (Å²) >= 11 is 0. The van der Waals surface area contributed by atoms with Crippen LogP contribution in [0, 0.1) is 5.92 Å². The zero-order valence-electron chi connectivity index (χ0n) is 21.3. The van der Waals surface area contributed by atoms with Gasteiger partial charge in [-0.15, -0.1) is 0 Å². The van der Waals surface area contributed by atoms with Crippen LogP contribution < -0.4 is 5.32 Å². The summed E-state index contributed by atoms with van der Waals surface area (Å²) in [6, 6.07) is 10.7. The average molecular weight is 490 g/mol. The first-order valence-corrected chi connectivity index (χ1v) is 13.0. The van der Waals surface area contributed by atoms with E-state index >= 15 is 4.39 Å². The predicted octanol–water partition coefficient (Wildman–Crippen LogP) is 4.72. The van der Waals surface area contributed by atoms with Crippen molar-refractivity contribution in [3.05, 3.63) is 35.9 Å². The van der Waals surface area contributed by atoms with Crippen molar-refractivity contribution in [2.75, 3.05) is 39.3 Å². The molecule has 3 aliphatic rings. The molecule has 2 heterocycles. The van der Waals surface area contributed by atoms with E-state index in [4.69, 9.17) is 9.47 Å². The van der Waals surface area contributed by atoms with Gasteiger partial charge in [0.1, 0.15) is 11.3 Å². The molecule has 8 heteroatoms. The number of nitrogens with one attached hydrogen (secondary N) is 1. The molecule has 2 saturated heterocycles. The highest BCUT2D eigenvalue weighted by Gasteiger charge is 2.42. The first kappa shape index (κ1) is 25.7. The molecule has 1 N–H and O–H groups in total. The minimum Gasteiger partial charge on any atom is -0.449 e. The predicted molar refractivity (Wildman–Crippen MR) is 132 cm³/mol. The second kappa shape index (κ2) is 10.7. The lowest BCUT2D eigenvalue weighted by Crippen LogP contribution is -2.49. The van der Waals surface area contributed by atoms with E-state index in [0.29, 0.717) is 64.1 Å². The highest BCUT2D eigenvalue weighted by molar-refractivity contribution is 5.68. The number of carbonyl (C=O) groups is 2. The Morgan fingerprint density at radius 3 is 2.29 bits per heavy atom. The van der Waals surface area contributed by atoms with Gasteiger partial charge in [-0.05, 0) is 51.5 Å². The molecule has 0 radical (unpaired) electrons. The fourth-order valence-electron chi connectivity index (χ4n) is 4.96. The van der Waals surface area contributed by atoms with Gasteiger partial charge in [-0.2, -0.15) is 0 Å². The molecular formula is C27H40FN3O4. The molecule has 3 fully saturated rings. The van der Waals surface area contributed by atoms with Gasteiger partial charge in [-0.3, -0.25) is 0 Å². The van der Waals surface area contributed by atoms with Gasteiger partial charge in [0.25, 0.3) is 0 Å². The molecule has 1 aliphatic carbocycles. The summed E-state index contributed by atoms with van der Waals surface area (Å²) in [5, 5.41) is 3.40. The van der Waals surface area contributed by atoms with Crippen LogP contribution in [-0.2, 0) is 9.47 Å². The molecule has 7 nitrogen and oxygen atoms in total. The Morgan fingerprint density at radius 1 is 1.03 bits per heavy atom. The maximum atomic E-state index is 15.3. The Labute approximate surface area is 208 Å². The molecule has 1 aromatic rings. The lowest BCUT2D eigenvalue weighted by atomic mass is 9.93. The summed E-state index contributed by atoms with van der Waals surface area (Å²) < 4.78 is 26.3. The first-order valence-electron chi connectivity index (χ1n) is 13.0. The van der Waals surface area contributed by atoms with E-state index in [0.717, 1.165) is 19.3 Å². The number of benzene rings is 1. The van der Waals surface area contributed by atoms with Crippen molar-refractivity contribution < 1.29 is 23.5 Å². The van der Waals surface area contributed by atoms with Crippen molar-refractivity contribution in [1.29, 1.82) is 0 Å². The fraction of sp³-hybridized carbons (Fsp3) is 0.704. The summed E-state index contributed by atoms with van der Waals surface area (Å²) in [6.07, 6.45) is 2.60. The van der Waals surface area contributed by atoms with Crippen molar-refractivity contribution in [2.24, 2.45) is 5.92 Å². The molecular weight excluding hydrogens is 449 g/mol. The Bertz CT molecular complexity index is 859. The molecule has 194 valence electrons. The lowest BCUT2D eigenvalue weighted by molar-refractivity contribution is 0.0108. The zero-order chi connectivity index (χ0) is 25.1. The number of rotatable bonds is 6. The van der Waals surface area contributed by atoms with E-state index in [9.17, 15) is 9.59 Å². The van der Waals surface area contributed by atoms with Crippen LogP contribution in [0.4, 0.5) is 14.0 Å². The first-order chi connectivity index (χ1) is 16.6. The minimum absolute atomic E-state index is 0.225. The molecule has 0 aromatic heterocycles. The van der Waals surface area contributed by atoms with Crippen LogP contribution in [0.2, 0.25) is 0 Å². The third kappa shape index (κ3) is 7.32. The van der Waals surface area contributed by atoms with Gasteiger partial charge in [-0.1, -0.05) is 30.3 Å². The van der Waals surface area contributed by atoms with E-state index < -0.39 is 11.3 Å². The standard InChI is InChI=1S/C27H40FN3O4/c1-26(2,3)35-25(33)30-13-9-20(10-14-30)18-34-24(32)31-15-11-27(28,12-16-31)19-29-23-17-22(23)21-7-5-4-6-8-21/h4-8,20,22-23,29H,9-19H2,1-3H3. The molecule has 2 unspecified atom stereocenters. The Kier molecular flexibility index (Phi) is 7.89. The highest BCUT2D eigenvalue weighted by Crippen LogP contribution is 2.41. The minimum atomic E-state index is -1.28. The lowest BCUT2D eigenvalue weighted by Gasteiger charge is -2.36. The Morgan fingerprint density at radius 2 is 1.66 bits per heavy atom. The molecule has 0 spiro atoms. The van der Waals surface area contributed by atoms with Gasteiger partial charge in [0.15, 0.2) is 0 Å². The Hall–Kier alpha value is -2.35. The quantitative estimate of drug-likeness (QED) is 0.626. The number of carbonyl (C=O) groups excluding carboxylic acids is 2. The van der Waals surface area contributed by atoms with Crippen molar-refractivity contribution in [1.82, 2.24) is 15.1 Å². The summed E-state index contributed by atoms with van der Waals surface area (Å²) in [5.74, 6) is 0.703. The number of nitrogens with zero attached hydrogens (tertiary/aromatic N) is 2. The number of hydrogen-bond acceptors (Lipinski definition) is 5. The van der Waals surface area contributed by atoms with Crippen LogP contribution in [0.25, 0.3) is 0 Å². The van der Waals surface area contributed by atoms with Crippen molar-refractivity contribution in [3.8, 4) is 0 Å². The fourth-order valence-corrected chi connectivity index (χ4v) is 4.96. The molecule has 35 heavy (non-hydrogen) atoms. The smallest absolute Gasteiger partial charge is 0.410 e. The van der Waals surface area contributed by atoms with Crippen LogP contribution in [0.5, 0.6) is 0 Å². The number of ether oxygens (including phenoxy) is 2. The SMILES string of the molecule is CC(C)(C)OC(=O)N1CCC(COC(=O)N2CCC(F)(CNC3CC3c3ccccc3)CC2)CC1. The highest BCUT2D eigenvalue weighted by atomic mass is 19.1. The monoisotopic (exact) mass is 489 g/mol. The van der Waals surface area contributed by atoms with Crippen LogP contribution in [0.1, 0.15) is 64.4 Å². The number of alkyl halides is 1. The van der Waals surface area contributed by atoms with Crippen molar-refractivity contribution in [3.63, 3.8) is 0 Å². The molecule has 0 bridgehead atoms. The molecule has 2 atom stereocenters. The van der Waals surface area contributed by atoms with E-state index in [2.05, 4.69) is 17.4 Å². The molecule has 2 aliphatic heterocycles. The summed E-state index contributed by atoms with van der Waals surface area (Å²) in [4.78, 5) is 28.1. The van der Waals surface area contributed by atoms with Crippen LogP contribution in [-0.4, -0.2) is 78.6 Å². The maximum Gasteiger partial charge on any atom is 0.410 e. The second-order valence-electron chi connectivity index (χ2n) is 11.4. The zero-order valence-corrected chi connectivity index (χ0v) is 21.3. The van der Waals surface area contributed by atoms with E-state index in [1.165, 1.54) is 5.56 Å². The molecule has 4 rings (SSSR count). The normalized spacial score (nSPS) is 24.7. The van der Waals surface area contributed by atoms with Crippen LogP contribution in [0.3, 0.4) is 0 Å². The number of likely N-dealkylation sites (tertiary alicyclic amines) is 2. The number of amides is 2. The summed E-state index contributed by atoms with van der Waals surface area (Å²) in [7, 11) is 0. The molecule has 1 saturated carbocycles. The van der Waals surface area contributed by atoms with Gasteiger partial charge in [-0.25, -0.2) is 14.0 Å². The van der Waals surface area contributed by atoms with Gasteiger partial charge >= 0.3 is 12.2 Å². The van der Waals surface area contributed by atoms with E-state index in [1.54, 1.807) is 9.80 Å².